The van der Waals surface area contributed by atoms with E-state index in [0.717, 1.165) is 0 Å². The smallest absolute Gasteiger partial charge is 0.315 e. The quantitative estimate of drug-likeness (QED) is 0.715. The minimum absolute atomic E-state index is 0.456. The van der Waals surface area contributed by atoms with E-state index in [0.29, 0.717) is 5.69 Å². The summed E-state index contributed by atoms with van der Waals surface area (Å²) in [6, 6.07) is 6.17. The highest BCUT2D eigenvalue weighted by Crippen LogP contribution is 2.19. The van der Waals surface area contributed by atoms with Crippen LogP contribution in [0, 0.1) is 6.07 Å². The van der Waals surface area contributed by atoms with Gasteiger partial charge in [-0.05, 0) is 19.9 Å². The van der Waals surface area contributed by atoms with Crippen LogP contribution >= 0.6 is 0 Å². The molecule has 1 aromatic rings. The van der Waals surface area contributed by atoms with Gasteiger partial charge in [0.15, 0.2) is 0 Å². The van der Waals surface area contributed by atoms with Gasteiger partial charge in [-0.1, -0.05) is 6.07 Å². The number of aliphatic carboxylic acids is 1. The maximum atomic E-state index is 10.8. The Morgan fingerprint density at radius 1 is 1.67 bits per heavy atom. The summed E-state index contributed by atoms with van der Waals surface area (Å²) in [6.07, 6.45) is 1.57. The number of pyridine rings is 1. The van der Waals surface area contributed by atoms with Crippen LogP contribution in [0.2, 0.25) is 0 Å². The second-order valence-electron chi connectivity index (χ2n) is 3.06. The molecule has 1 aromatic heterocycles. The van der Waals surface area contributed by atoms with Crippen LogP contribution in [0.5, 0.6) is 0 Å². The molecule has 12 heavy (non-hydrogen) atoms. The van der Waals surface area contributed by atoms with Gasteiger partial charge in [-0.3, -0.25) is 9.78 Å². The highest BCUT2D eigenvalue weighted by molar-refractivity contribution is 5.79. The molecule has 1 radical (unpaired) electrons. The average molecular weight is 164 g/mol. The lowest BCUT2D eigenvalue weighted by atomic mass is 9.89. The fourth-order valence-electron chi connectivity index (χ4n) is 0.768. The zero-order valence-electron chi connectivity index (χ0n) is 7.03. The predicted octanol–water partition coefficient (Wildman–Crippen LogP) is 1.24. The number of hydrogen-bond acceptors (Lipinski definition) is 2. The van der Waals surface area contributed by atoms with E-state index < -0.39 is 11.4 Å². The molecule has 3 heteroatoms. The van der Waals surface area contributed by atoms with Gasteiger partial charge in [0.2, 0.25) is 0 Å². The lowest BCUT2D eigenvalue weighted by Gasteiger charge is -2.17. The molecule has 0 aromatic carbocycles. The Hall–Kier alpha value is -1.38. The van der Waals surface area contributed by atoms with Crippen LogP contribution < -0.4 is 0 Å². The van der Waals surface area contributed by atoms with E-state index in [-0.39, 0.29) is 0 Å². The van der Waals surface area contributed by atoms with Crippen LogP contribution in [0.3, 0.4) is 0 Å². The van der Waals surface area contributed by atoms with Gasteiger partial charge in [0.05, 0.1) is 5.69 Å². The summed E-state index contributed by atoms with van der Waals surface area (Å²) in [5.41, 5.74) is -0.501. The van der Waals surface area contributed by atoms with E-state index in [1.165, 1.54) is 0 Å². The number of aromatic nitrogens is 1. The molecule has 1 heterocycles. The third-order valence-electron chi connectivity index (χ3n) is 1.73. The van der Waals surface area contributed by atoms with Crippen molar-refractivity contribution in [3.8, 4) is 0 Å². The summed E-state index contributed by atoms with van der Waals surface area (Å²) in [5.74, 6) is -0.891. The van der Waals surface area contributed by atoms with E-state index in [4.69, 9.17) is 5.11 Å². The molecule has 0 fully saturated rings. The number of carbonyl (C=O) groups is 1. The van der Waals surface area contributed by atoms with Crippen molar-refractivity contribution in [2.45, 2.75) is 19.3 Å². The van der Waals surface area contributed by atoms with E-state index in [1.54, 1.807) is 32.2 Å². The summed E-state index contributed by atoms with van der Waals surface area (Å²) in [4.78, 5) is 14.7. The maximum absolute atomic E-state index is 10.8. The van der Waals surface area contributed by atoms with Crippen molar-refractivity contribution in [2.75, 3.05) is 0 Å². The molecular weight excluding hydrogens is 154 g/mol. The van der Waals surface area contributed by atoms with Crippen LogP contribution in [0.15, 0.2) is 18.3 Å². The Morgan fingerprint density at radius 2 is 2.33 bits per heavy atom. The van der Waals surface area contributed by atoms with E-state index in [9.17, 15) is 4.79 Å². The van der Waals surface area contributed by atoms with Gasteiger partial charge in [-0.25, -0.2) is 0 Å². The molecule has 3 nitrogen and oxygen atoms in total. The first-order valence-electron chi connectivity index (χ1n) is 3.61. The number of nitrogens with zero attached hydrogens (tertiary/aromatic N) is 1. The van der Waals surface area contributed by atoms with Gasteiger partial charge >= 0.3 is 5.97 Å². The molecule has 0 spiro atoms. The molecule has 1 N–H and O–H groups in total. The predicted molar refractivity (Wildman–Crippen MR) is 43.7 cm³/mol. The van der Waals surface area contributed by atoms with Gasteiger partial charge in [-0.2, -0.15) is 0 Å². The van der Waals surface area contributed by atoms with Crippen molar-refractivity contribution in [2.24, 2.45) is 0 Å². The first-order valence-corrected chi connectivity index (χ1v) is 3.61. The highest BCUT2D eigenvalue weighted by atomic mass is 16.4. The number of carboxylic acids is 1. The van der Waals surface area contributed by atoms with Crippen molar-refractivity contribution >= 4 is 5.97 Å². The topological polar surface area (TPSA) is 50.2 Å². The Labute approximate surface area is 71.1 Å². The standard InChI is InChI=1S/C9H10NO2/c1-9(2,8(11)12)7-5-3-4-6-10-7/h3-4,6H,1-2H3,(H,11,12). The van der Waals surface area contributed by atoms with Crippen molar-refractivity contribution < 1.29 is 9.90 Å². The molecule has 0 saturated carbocycles. The molecule has 63 valence electrons. The summed E-state index contributed by atoms with van der Waals surface area (Å²) in [6.45, 7) is 3.21. The molecule has 1 rings (SSSR count). The Kier molecular flexibility index (Phi) is 2.13. The van der Waals surface area contributed by atoms with Gasteiger partial charge in [0, 0.05) is 12.3 Å². The minimum Gasteiger partial charge on any atom is -0.481 e. The summed E-state index contributed by atoms with van der Waals surface area (Å²) in [5, 5.41) is 8.83. The van der Waals surface area contributed by atoms with Crippen LogP contribution in [0.25, 0.3) is 0 Å². The van der Waals surface area contributed by atoms with Crippen molar-refractivity contribution in [1.29, 1.82) is 0 Å². The van der Waals surface area contributed by atoms with E-state index in [2.05, 4.69) is 11.1 Å². The Bertz CT molecular complexity index is 280. The fourth-order valence-corrected chi connectivity index (χ4v) is 0.768. The lowest BCUT2D eigenvalue weighted by molar-refractivity contribution is -0.142. The Morgan fingerprint density at radius 3 is 2.75 bits per heavy atom. The number of hydrogen-bond donors (Lipinski definition) is 1. The van der Waals surface area contributed by atoms with Gasteiger partial charge in [0.25, 0.3) is 0 Å². The molecule has 0 bridgehead atoms. The number of rotatable bonds is 2. The molecule has 0 unspecified atom stereocenters. The maximum Gasteiger partial charge on any atom is 0.315 e. The van der Waals surface area contributed by atoms with Crippen LogP contribution in [-0.4, -0.2) is 16.1 Å². The van der Waals surface area contributed by atoms with Gasteiger partial charge < -0.3 is 5.11 Å². The molecule has 0 atom stereocenters. The highest BCUT2D eigenvalue weighted by Gasteiger charge is 2.30. The normalized spacial score (nSPS) is 11.2. The first kappa shape index (κ1) is 8.71. The fraction of sp³-hybridized carbons (Fsp3) is 0.333. The zero-order valence-corrected chi connectivity index (χ0v) is 7.03. The molecule has 0 amide bonds. The molecular formula is C9H10NO2. The molecule has 0 saturated heterocycles. The lowest BCUT2D eigenvalue weighted by Crippen LogP contribution is -2.29. The van der Waals surface area contributed by atoms with Crippen molar-refractivity contribution in [1.82, 2.24) is 4.98 Å². The zero-order chi connectivity index (χ0) is 9.19. The van der Waals surface area contributed by atoms with Gasteiger partial charge in [0.1, 0.15) is 5.41 Å². The van der Waals surface area contributed by atoms with Crippen LogP contribution in [-0.2, 0) is 10.2 Å². The second-order valence-corrected chi connectivity index (χ2v) is 3.06. The third-order valence-corrected chi connectivity index (χ3v) is 1.73. The molecule has 0 aliphatic carbocycles. The molecule has 0 aliphatic heterocycles. The van der Waals surface area contributed by atoms with Crippen molar-refractivity contribution in [3.05, 3.63) is 30.1 Å². The average Bonchev–Trinajstić information content (AvgIpc) is 2.06. The number of carboxylic acid groups (broad SMARTS) is 1. The monoisotopic (exact) mass is 164 g/mol. The summed E-state index contributed by atoms with van der Waals surface area (Å²) < 4.78 is 0. The first-order chi connectivity index (χ1) is 5.55. The second kappa shape index (κ2) is 2.93. The van der Waals surface area contributed by atoms with E-state index in [1.807, 2.05) is 0 Å². The van der Waals surface area contributed by atoms with Crippen LogP contribution in [0.4, 0.5) is 0 Å². The van der Waals surface area contributed by atoms with Crippen molar-refractivity contribution in [3.63, 3.8) is 0 Å². The largest absolute Gasteiger partial charge is 0.481 e. The van der Waals surface area contributed by atoms with Gasteiger partial charge in [-0.15, -0.1) is 0 Å². The van der Waals surface area contributed by atoms with E-state index >= 15 is 0 Å². The van der Waals surface area contributed by atoms with Crippen LogP contribution in [0.1, 0.15) is 19.5 Å². The summed E-state index contributed by atoms with van der Waals surface area (Å²) >= 11 is 0. The Balaban J connectivity index is 3.06. The SMILES string of the molecule is CC(C)(C(=O)O)c1[c]cccn1. The third kappa shape index (κ3) is 1.44. The summed E-state index contributed by atoms with van der Waals surface area (Å²) in [7, 11) is 0. The minimum atomic E-state index is -0.957. The molecule has 0 aliphatic rings.